The third kappa shape index (κ3) is 3.04. The van der Waals surface area contributed by atoms with Crippen LogP contribution in [0, 0.1) is 0 Å². The van der Waals surface area contributed by atoms with E-state index in [0.29, 0.717) is 0 Å². The third-order valence-corrected chi connectivity index (χ3v) is 14.6. The fraction of sp³-hybridized carbons (Fsp3) is 0.319. The van der Waals surface area contributed by atoms with Gasteiger partial charge in [-0.05, 0) is 87.2 Å². The molecule has 0 spiro atoms. The van der Waals surface area contributed by atoms with Crippen LogP contribution in [0.1, 0.15) is 96.4 Å². The molecular weight excluding hydrogens is 619 g/mol. The van der Waals surface area contributed by atoms with Gasteiger partial charge in [-0.1, -0.05) is 127 Å². The Morgan fingerprint density at radius 2 is 1.45 bits per heavy atom. The van der Waals surface area contributed by atoms with Crippen LogP contribution < -0.4 is 15.8 Å². The van der Waals surface area contributed by atoms with Crippen molar-refractivity contribution in [2.45, 2.75) is 95.9 Å². The summed E-state index contributed by atoms with van der Waals surface area (Å²) < 4.78 is 9.65. The maximum Gasteiger partial charge on any atom is 0.336 e. The number of benzene rings is 5. The summed E-state index contributed by atoms with van der Waals surface area (Å²) in [6, 6.07) is 32.7. The van der Waals surface area contributed by atoms with Crippen LogP contribution in [0.25, 0.3) is 55.2 Å². The molecule has 51 heavy (non-hydrogen) atoms. The van der Waals surface area contributed by atoms with Crippen molar-refractivity contribution in [1.82, 2.24) is 4.48 Å². The third-order valence-electron chi connectivity index (χ3n) is 14.6. The summed E-state index contributed by atoms with van der Waals surface area (Å²) in [5.74, 6) is 0. The molecule has 0 amide bonds. The molecule has 250 valence electrons. The predicted molar refractivity (Wildman–Crippen MR) is 214 cm³/mol. The minimum absolute atomic E-state index is 0.00470. The van der Waals surface area contributed by atoms with Crippen LogP contribution in [-0.2, 0) is 16.2 Å². The Bertz CT molecular complexity index is 2770. The molecule has 5 heterocycles. The lowest BCUT2D eigenvalue weighted by Gasteiger charge is -2.53. The van der Waals surface area contributed by atoms with Crippen LogP contribution in [-0.4, -0.2) is 16.9 Å². The second-order valence-corrected chi connectivity index (χ2v) is 18.4. The van der Waals surface area contributed by atoms with E-state index in [1.807, 2.05) is 0 Å². The second kappa shape index (κ2) is 8.67. The summed E-state index contributed by atoms with van der Waals surface area (Å²) in [6.07, 6.45) is 4.95. The molecule has 2 aromatic heterocycles. The summed E-state index contributed by atoms with van der Waals surface area (Å²) in [4.78, 5) is 2.94. The van der Waals surface area contributed by atoms with E-state index in [-0.39, 0.29) is 28.6 Å². The van der Waals surface area contributed by atoms with E-state index in [4.69, 9.17) is 4.42 Å². The quantitative estimate of drug-likeness (QED) is 0.151. The SMILES string of the molecule is CC(C)(C)c1cc2c3c(c1)C1(C)CCCCC1(C)N3c1c3c(cc4c1C(C)(C)c1ccccc1-4)-c1cccc4c5c6ccccc6oc5n(c14)B23. The highest BCUT2D eigenvalue weighted by atomic mass is 16.3. The van der Waals surface area contributed by atoms with Gasteiger partial charge in [0.25, 0.3) is 0 Å². The fourth-order valence-electron chi connectivity index (χ4n) is 12.0. The largest absolute Gasteiger partial charge is 0.441 e. The smallest absolute Gasteiger partial charge is 0.336 e. The Morgan fingerprint density at radius 3 is 2.29 bits per heavy atom. The van der Waals surface area contributed by atoms with Crippen LogP contribution in [0.2, 0.25) is 0 Å². The Hall–Kier alpha value is -4.70. The number of para-hydroxylation sites is 2. The van der Waals surface area contributed by atoms with Crippen molar-refractivity contribution < 1.29 is 4.42 Å². The van der Waals surface area contributed by atoms with Crippen LogP contribution in [0.4, 0.5) is 11.4 Å². The van der Waals surface area contributed by atoms with Gasteiger partial charge in [0, 0.05) is 44.1 Å². The molecule has 1 saturated carbocycles. The molecule has 3 nitrogen and oxygen atoms in total. The van der Waals surface area contributed by atoms with E-state index in [2.05, 4.69) is 143 Å². The molecule has 7 aromatic rings. The van der Waals surface area contributed by atoms with Gasteiger partial charge in [-0.25, -0.2) is 0 Å². The standard InChI is InChI=1S/C47H43BN2O/c1-44(2,3)26-23-34-41-35(24-26)48-39-32(28-17-14-18-30-37-29-16-9-11-20-36(29)51-43(37)50(48)40(28)30)25-31-27-15-8-10-19-33(27)45(4,5)38(31)42(39)49(41)47(7)22-13-12-21-46(34,47)6/h8-11,14-20,23-25H,12-13,21-22H2,1-7H3. The number of furan rings is 1. The second-order valence-electron chi connectivity index (χ2n) is 18.4. The molecular formula is C47H43BN2O. The summed E-state index contributed by atoms with van der Waals surface area (Å²) >= 11 is 0. The van der Waals surface area contributed by atoms with E-state index >= 15 is 0 Å². The zero-order valence-electron chi connectivity index (χ0n) is 30.8. The monoisotopic (exact) mass is 662 g/mol. The van der Waals surface area contributed by atoms with E-state index < -0.39 is 0 Å². The van der Waals surface area contributed by atoms with Crippen molar-refractivity contribution in [1.29, 1.82) is 0 Å². The molecule has 0 bridgehead atoms. The lowest BCUT2D eigenvalue weighted by molar-refractivity contribution is 0.194. The Balaban J connectivity index is 1.34. The topological polar surface area (TPSA) is 21.3 Å². The Kier molecular flexibility index (Phi) is 4.92. The van der Waals surface area contributed by atoms with Crippen molar-refractivity contribution in [3.63, 3.8) is 0 Å². The van der Waals surface area contributed by atoms with E-state index in [1.165, 1.54) is 109 Å². The minimum atomic E-state index is -0.147. The number of rotatable bonds is 0. The molecule has 2 unspecified atom stereocenters. The van der Waals surface area contributed by atoms with E-state index in [9.17, 15) is 0 Å². The van der Waals surface area contributed by atoms with Crippen LogP contribution >= 0.6 is 0 Å². The average Bonchev–Trinajstić information content (AvgIpc) is 3.78. The number of nitrogens with zero attached hydrogens (tertiary/aromatic N) is 2. The van der Waals surface area contributed by atoms with Crippen LogP contribution in [0.3, 0.4) is 0 Å². The summed E-state index contributed by atoms with van der Waals surface area (Å²) in [6.45, 7) is 17.4. The highest BCUT2D eigenvalue weighted by molar-refractivity contribution is 6.90. The molecule has 3 aliphatic heterocycles. The molecule has 4 heteroatoms. The maximum absolute atomic E-state index is 7.01. The highest BCUT2D eigenvalue weighted by Gasteiger charge is 2.63. The average molecular weight is 663 g/mol. The molecule has 12 rings (SSSR count). The van der Waals surface area contributed by atoms with Gasteiger partial charge >= 0.3 is 6.85 Å². The lowest BCUT2D eigenvalue weighted by atomic mass is 9.44. The number of hydrogen-bond acceptors (Lipinski definition) is 2. The number of anilines is 2. The van der Waals surface area contributed by atoms with E-state index in [1.54, 1.807) is 5.56 Å². The summed E-state index contributed by atoms with van der Waals surface area (Å²) in [5, 5.41) is 3.74. The van der Waals surface area contributed by atoms with Gasteiger partial charge in [-0.3, -0.25) is 0 Å². The lowest BCUT2D eigenvalue weighted by Crippen LogP contribution is -2.62. The Labute approximate surface area is 300 Å². The normalized spacial score (nSPS) is 23.1. The van der Waals surface area contributed by atoms with Crippen molar-refractivity contribution in [3.05, 3.63) is 107 Å². The number of fused-ring (bicyclic) bond motifs is 16. The molecule has 2 aliphatic carbocycles. The van der Waals surface area contributed by atoms with Crippen LogP contribution in [0.15, 0.2) is 89.3 Å². The van der Waals surface area contributed by atoms with E-state index in [0.717, 1.165) is 11.3 Å². The van der Waals surface area contributed by atoms with Crippen molar-refractivity contribution >= 4 is 62.1 Å². The number of aromatic nitrogens is 1. The first-order valence-electron chi connectivity index (χ1n) is 19.2. The predicted octanol–water partition coefficient (Wildman–Crippen LogP) is 10.8. The minimum Gasteiger partial charge on any atom is -0.441 e. The molecule has 1 fully saturated rings. The summed E-state index contributed by atoms with van der Waals surface area (Å²) in [7, 11) is 0. The first-order chi connectivity index (χ1) is 24.4. The molecule has 0 radical (unpaired) electrons. The fourth-order valence-corrected chi connectivity index (χ4v) is 12.0. The molecule has 2 atom stereocenters. The zero-order valence-corrected chi connectivity index (χ0v) is 30.8. The molecule has 5 aliphatic rings. The molecule has 0 saturated heterocycles. The van der Waals surface area contributed by atoms with Gasteiger partial charge in [0.05, 0.1) is 10.9 Å². The van der Waals surface area contributed by atoms with Crippen molar-refractivity contribution in [3.8, 4) is 22.3 Å². The number of hydrogen-bond donors (Lipinski definition) is 0. The van der Waals surface area contributed by atoms with Crippen LogP contribution in [0.5, 0.6) is 0 Å². The molecule has 0 N–H and O–H groups in total. The van der Waals surface area contributed by atoms with Crippen molar-refractivity contribution in [2.75, 3.05) is 4.90 Å². The van der Waals surface area contributed by atoms with Gasteiger partial charge < -0.3 is 13.8 Å². The highest BCUT2D eigenvalue weighted by Crippen LogP contribution is 2.65. The first kappa shape index (κ1) is 28.9. The maximum atomic E-state index is 7.01. The first-order valence-corrected chi connectivity index (χ1v) is 19.2. The Morgan fingerprint density at radius 1 is 0.706 bits per heavy atom. The molecule has 5 aromatic carbocycles. The van der Waals surface area contributed by atoms with Crippen molar-refractivity contribution in [2.24, 2.45) is 0 Å². The van der Waals surface area contributed by atoms with Gasteiger partial charge in [-0.15, -0.1) is 0 Å². The summed E-state index contributed by atoms with van der Waals surface area (Å²) in [5.41, 5.74) is 20.5. The zero-order chi connectivity index (χ0) is 34.6. The van der Waals surface area contributed by atoms with Gasteiger partial charge in [0.1, 0.15) is 5.58 Å². The van der Waals surface area contributed by atoms with Gasteiger partial charge in [0.2, 0.25) is 0 Å². The van der Waals surface area contributed by atoms with Gasteiger partial charge in [-0.2, -0.15) is 0 Å². The van der Waals surface area contributed by atoms with Gasteiger partial charge in [0.15, 0.2) is 5.71 Å².